The lowest BCUT2D eigenvalue weighted by molar-refractivity contribution is -0.111. The van der Waals surface area contributed by atoms with Gasteiger partial charge in [-0.2, -0.15) is 0 Å². The average Bonchev–Trinajstić information content (AvgIpc) is 2.41. The van der Waals surface area contributed by atoms with Crippen LogP contribution in [0.3, 0.4) is 0 Å². The van der Waals surface area contributed by atoms with Gasteiger partial charge in [0.2, 0.25) is 5.91 Å². The number of carbonyl (C=O) groups is 1. The summed E-state index contributed by atoms with van der Waals surface area (Å²) in [5, 5.41) is 3.22. The molecule has 0 saturated carbocycles. The third-order valence-electron chi connectivity index (χ3n) is 2.50. The fourth-order valence-corrected chi connectivity index (χ4v) is 1.70. The average molecular weight is 273 g/mol. The van der Waals surface area contributed by atoms with Gasteiger partial charge >= 0.3 is 0 Å². The first-order valence-corrected chi connectivity index (χ1v) is 6.12. The topological polar surface area (TPSA) is 55.1 Å². The molecule has 0 fully saturated rings. The number of para-hydroxylation sites is 1. The summed E-state index contributed by atoms with van der Waals surface area (Å²) >= 11 is 5.95. The van der Waals surface area contributed by atoms with E-state index in [9.17, 15) is 4.79 Å². The molecule has 3 N–H and O–H groups in total. The van der Waals surface area contributed by atoms with Gasteiger partial charge < -0.3 is 11.1 Å². The quantitative estimate of drug-likeness (QED) is 0.663. The van der Waals surface area contributed by atoms with Gasteiger partial charge in [-0.1, -0.05) is 35.9 Å². The van der Waals surface area contributed by atoms with Crippen LogP contribution in [0.25, 0.3) is 6.08 Å². The number of hydrogen-bond acceptors (Lipinski definition) is 2. The molecular formula is C15H13ClN2O. The van der Waals surface area contributed by atoms with Crippen LogP contribution in [0.4, 0.5) is 11.4 Å². The Bertz CT molecular complexity index is 606. The fraction of sp³-hybridized carbons (Fsp3) is 0. The smallest absolute Gasteiger partial charge is 0.248 e. The molecule has 0 unspecified atom stereocenters. The predicted octanol–water partition coefficient (Wildman–Crippen LogP) is 3.57. The number of amides is 1. The summed E-state index contributed by atoms with van der Waals surface area (Å²) in [5.74, 6) is -0.232. The number of hydrogen-bond donors (Lipinski definition) is 2. The molecule has 0 bridgehead atoms. The molecule has 1 amide bonds. The lowest BCUT2D eigenvalue weighted by atomic mass is 10.2. The molecule has 3 nitrogen and oxygen atoms in total. The van der Waals surface area contributed by atoms with E-state index in [1.54, 1.807) is 30.3 Å². The van der Waals surface area contributed by atoms with E-state index < -0.39 is 0 Å². The maximum Gasteiger partial charge on any atom is 0.248 e. The zero-order valence-corrected chi connectivity index (χ0v) is 10.9. The van der Waals surface area contributed by atoms with Crippen molar-refractivity contribution in [2.45, 2.75) is 0 Å². The van der Waals surface area contributed by atoms with E-state index in [-0.39, 0.29) is 5.91 Å². The van der Waals surface area contributed by atoms with Crippen LogP contribution < -0.4 is 11.1 Å². The molecule has 0 aliphatic heterocycles. The Morgan fingerprint density at radius 2 is 1.79 bits per heavy atom. The Morgan fingerprint density at radius 3 is 2.47 bits per heavy atom. The molecule has 0 radical (unpaired) electrons. The molecule has 0 spiro atoms. The second-order valence-electron chi connectivity index (χ2n) is 3.97. The summed E-state index contributed by atoms with van der Waals surface area (Å²) < 4.78 is 0. The van der Waals surface area contributed by atoms with Gasteiger partial charge in [0, 0.05) is 11.8 Å². The van der Waals surface area contributed by atoms with Gasteiger partial charge in [-0.15, -0.1) is 0 Å². The second-order valence-corrected chi connectivity index (χ2v) is 4.38. The molecule has 0 heterocycles. The molecule has 0 aliphatic carbocycles. The molecule has 0 atom stereocenters. The SMILES string of the molecule is Nc1ccc(/C=C/C(=O)Nc2ccccc2Cl)cc1. The zero-order chi connectivity index (χ0) is 13.7. The minimum atomic E-state index is -0.232. The monoisotopic (exact) mass is 272 g/mol. The van der Waals surface area contributed by atoms with Crippen molar-refractivity contribution in [2.75, 3.05) is 11.1 Å². The number of anilines is 2. The highest BCUT2D eigenvalue weighted by molar-refractivity contribution is 6.33. The van der Waals surface area contributed by atoms with Crippen molar-refractivity contribution in [3.05, 3.63) is 65.2 Å². The van der Waals surface area contributed by atoms with E-state index in [0.29, 0.717) is 16.4 Å². The molecule has 19 heavy (non-hydrogen) atoms. The Hall–Kier alpha value is -2.26. The Morgan fingerprint density at radius 1 is 1.11 bits per heavy atom. The summed E-state index contributed by atoms with van der Waals surface area (Å²) in [6.07, 6.45) is 3.17. The third-order valence-corrected chi connectivity index (χ3v) is 2.82. The van der Waals surface area contributed by atoms with Crippen LogP contribution in [0.15, 0.2) is 54.6 Å². The summed E-state index contributed by atoms with van der Waals surface area (Å²) in [5.41, 5.74) is 7.78. The molecule has 2 rings (SSSR count). The van der Waals surface area contributed by atoms with Gasteiger partial charge in [-0.25, -0.2) is 0 Å². The van der Waals surface area contributed by atoms with Gasteiger partial charge in [-0.3, -0.25) is 4.79 Å². The number of nitrogens with two attached hydrogens (primary N) is 1. The predicted molar refractivity (Wildman–Crippen MR) is 80.0 cm³/mol. The van der Waals surface area contributed by atoms with Gasteiger partial charge in [-0.05, 0) is 35.9 Å². The number of carbonyl (C=O) groups excluding carboxylic acids is 1. The highest BCUT2D eigenvalue weighted by Gasteiger charge is 2.01. The molecular weight excluding hydrogens is 260 g/mol. The largest absolute Gasteiger partial charge is 0.399 e. The van der Waals surface area contributed by atoms with Crippen LogP contribution in [-0.2, 0) is 4.79 Å². The van der Waals surface area contributed by atoms with Crippen molar-refractivity contribution in [1.29, 1.82) is 0 Å². The van der Waals surface area contributed by atoms with E-state index in [1.165, 1.54) is 6.08 Å². The molecule has 2 aromatic carbocycles. The van der Waals surface area contributed by atoms with Gasteiger partial charge in [0.15, 0.2) is 0 Å². The van der Waals surface area contributed by atoms with Crippen molar-refractivity contribution in [3.63, 3.8) is 0 Å². The number of benzene rings is 2. The summed E-state index contributed by atoms with van der Waals surface area (Å²) in [6.45, 7) is 0. The summed E-state index contributed by atoms with van der Waals surface area (Å²) in [6, 6.07) is 14.3. The number of nitrogen functional groups attached to an aromatic ring is 1. The van der Waals surface area contributed by atoms with Gasteiger partial charge in [0.25, 0.3) is 0 Å². The Kier molecular flexibility index (Phi) is 4.21. The van der Waals surface area contributed by atoms with Crippen molar-refractivity contribution in [3.8, 4) is 0 Å². The van der Waals surface area contributed by atoms with Crippen molar-refractivity contribution >= 4 is 35.0 Å². The summed E-state index contributed by atoms with van der Waals surface area (Å²) in [4.78, 5) is 11.7. The van der Waals surface area contributed by atoms with Crippen molar-refractivity contribution < 1.29 is 4.79 Å². The van der Waals surface area contributed by atoms with E-state index in [1.807, 2.05) is 24.3 Å². The standard InChI is InChI=1S/C15H13ClN2O/c16-13-3-1-2-4-14(13)18-15(19)10-7-11-5-8-12(17)9-6-11/h1-10H,17H2,(H,18,19)/b10-7+. The highest BCUT2D eigenvalue weighted by Crippen LogP contribution is 2.20. The Labute approximate surface area is 116 Å². The van der Waals surface area contributed by atoms with Crippen LogP contribution in [0.2, 0.25) is 5.02 Å². The third kappa shape index (κ3) is 3.86. The Balaban J connectivity index is 2.02. The molecule has 4 heteroatoms. The minimum absolute atomic E-state index is 0.232. The van der Waals surface area contributed by atoms with Gasteiger partial charge in [0.1, 0.15) is 0 Å². The van der Waals surface area contributed by atoms with Crippen LogP contribution >= 0.6 is 11.6 Å². The maximum absolute atomic E-state index is 11.7. The molecule has 0 saturated heterocycles. The van der Waals surface area contributed by atoms with Crippen molar-refractivity contribution in [1.82, 2.24) is 0 Å². The highest BCUT2D eigenvalue weighted by atomic mass is 35.5. The van der Waals surface area contributed by atoms with Crippen LogP contribution in [0.1, 0.15) is 5.56 Å². The van der Waals surface area contributed by atoms with Crippen LogP contribution in [0, 0.1) is 0 Å². The number of rotatable bonds is 3. The van der Waals surface area contributed by atoms with Crippen molar-refractivity contribution in [2.24, 2.45) is 0 Å². The van der Waals surface area contributed by atoms with Gasteiger partial charge in [0.05, 0.1) is 10.7 Å². The second kappa shape index (κ2) is 6.07. The summed E-state index contributed by atoms with van der Waals surface area (Å²) in [7, 11) is 0. The lowest BCUT2D eigenvalue weighted by Crippen LogP contribution is -2.07. The first-order chi connectivity index (χ1) is 9.15. The normalized spacial score (nSPS) is 10.6. The van der Waals surface area contributed by atoms with E-state index in [4.69, 9.17) is 17.3 Å². The van der Waals surface area contributed by atoms with E-state index in [0.717, 1.165) is 5.56 Å². The van der Waals surface area contributed by atoms with Crippen LogP contribution in [-0.4, -0.2) is 5.91 Å². The molecule has 96 valence electrons. The number of nitrogens with one attached hydrogen (secondary N) is 1. The van der Waals surface area contributed by atoms with E-state index in [2.05, 4.69) is 5.32 Å². The first kappa shape index (κ1) is 13.2. The van der Waals surface area contributed by atoms with Crippen LogP contribution in [0.5, 0.6) is 0 Å². The maximum atomic E-state index is 11.7. The fourth-order valence-electron chi connectivity index (χ4n) is 1.52. The zero-order valence-electron chi connectivity index (χ0n) is 10.1. The molecule has 0 aliphatic rings. The first-order valence-electron chi connectivity index (χ1n) is 5.74. The van der Waals surface area contributed by atoms with E-state index >= 15 is 0 Å². The minimum Gasteiger partial charge on any atom is -0.399 e. The number of halogens is 1. The lowest BCUT2D eigenvalue weighted by Gasteiger charge is -2.03. The molecule has 0 aromatic heterocycles. The molecule has 2 aromatic rings.